The van der Waals surface area contributed by atoms with Gasteiger partial charge in [0.1, 0.15) is 0 Å². The zero-order chi connectivity index (χ0) is 19.2. The standard InChI is InChI=1S/C20H17NO5/c1-2-12-21-17(22)15-8-10-16(11-9-15)20(18(23)24,19(25)26)13-14-6-4-3-5-7-14/h1,3-11H,12-13H2,(H,21,22)(H,23,24)(H,25,26). The molecule has 0 aliphatic rings. The average molecular weight is 351 g/mol. The van der Waals surface area contributed by atoms with Crippen LogP contribution in [-0.4, -0.2) is 34.6 Å². The van der Waals surface area contributed by atoms with Crippen molar-refractivity contribution in [1.29, 1.82) is 0 Å². The molecule has 2 rings (SSSR count). The molecule has 0 aliphatic carbocycles. The molecule has 6 heteroatoms. The lowest BCUT2D eigenvalue weighted by Crippen LogP contribution is -2.45. The number of hydrogen-bond acceptors (Lipinski definition) is 3. The van der Waals surface area contributed by atoms with Gasteiger partial charge in [0.15, 0.2) is 5.41 Å². The van der Waals surface area contributed by atoms with E-state index in [0.29, 0.717) is 5.56 Å². The van der Waals surface area contributed by atoms with Gasteiger partial charge >= 0.3 is 11.9 Å². The van der Waals surface area contributed by atoms with Crippen molar-refractivity contribution >= 4 is 17.8 Å². The zero-order valence-electron chi connectivity index (χ0n) is 13.8. The lowest BCUT2D eigenvalue weighted by molar-refractivity contribution is -0.157. The molecule has 1 amide bonds. The van der Waals surface area contributed by atoms with E-state index in [1.165, 1.54) is 24.3 Å². The van der Waals surface area contributed by atoms with Crippen molar-refractivity contribution < 1.29 is 24.6 Å². The van der Waals surface area contributed by atoms with Crippen LogP contribution in [0.1, 0.15) is 21.5 Å². The summed E-state index contributed by atoms with van der Waals surface area (Å²) in [7, 11) is 0. The van der Waals surface area contributed by atoms with Gasteiger partial charge in [-0.15, -0.1) is 6.42 Å². The molecule has 0 aromatic heterocycles. The monoisotopic (exact) mass is 351 g/mol. The quantitative estimate of drug-likeness (QED) is 0.520. The van der Waals surface area contributed by atoms with Crippen LogP contribution in [0.4, 0.5) is 0 Å². The highest BCUT2D eigenvalue weighted by Gasteiger charge is 2.48. The van der Waals surface area contributed by atoms with Crippen LogP contribution < -0.4 is 5.32 Å². The minimum absolute atomic E-state index is 0.0583. The number of terminal acetylenes is 1. The van der Waals surface area contributed by atoms with Crippen LogP contribution in [0.5, 0.6) is 0 Å². The maximum atomic E-state index is 11.9. The van der Waals surface area contributed by atoms with E-state index in [-0.39, 0.29) is 24.1 Å². The first-order valence-electron chi connectivity index (χ1n) is 7.74. The Labute approximate surface area is 150 Å². The fourth-order valence-corrected chi connectivity index (χ4v) is 2.63. The van der Waals surface area contributed by atoms with Gasteiger partial charge in [0.25, 0.3) is 5.91 Å². The number of carboxylic acid groups (broad SMARTS) is 2. The van der Waals surface area contributed by atoms with Crippen LogP contribution >= 0.6 is 0 Å². The Morgan fingerprint density at radius 3 is 2.04 bits per heavy atom. The smallest absolute Gasteiger partial charge is 0.325 e. The highest BCUT2D eigenvalue weighted by Crippen LogP contribution is 2.30. The van der Waals surface area contributed by atoms with E-state index in [1.807, 2.05) is 0 Å². The molecule has 0 spiro atoms. The second-order valence-corrected chi connectivity index (χ2v) is 5.64. The fourth-order valence-electron chi connectivity index (χ4n) is 2.63. The second kappa shape index (κ2) is 7.99. The maximum absolute atomic E-state index is 11.9. The zero-order valence-corrected chi connectivity index (χ0v) is 13.8. The summed E-state index contributed by atoms with van der Waals surface area (Å²) in [4.78, 5) is 35.8. The number of hydrogen-bond donors (Lipinski definition) is 3. The van der Waals surface area contributed by atoms with E-state index >= 15 is 0 Å². The number of amides is 1. The lowest BCUT2D eigenvalue weighted by atomic mass is 9.75. The SMILES string of the molecule is C#CCNC(=O)c1ccc(C(Cc2ccccc2)(C(=O)O)C(=O)O)cc1. The molecule has 0 bridgehead atoms. The first-order valence-corrected chi connectivity index (χ1v) is 7.74. The van der Waals surface area contributed by atoms with Crippen LogP contribution in [0.25, 0.3) is 0 Å². The van der Waals surface area contributed by atoms with E-state index in [1.54, 1.807) is 30.3 Å². The number of benzene rings is 2. The molecule has 0 aliphatic heterocycles. The van der Waals surface area contributed by atoms with Crippen LogP contribution in [0.3, 0.4) is 0 Å². The van der Waals surface area contributed by atoms with E-state index in [9.17, 15) is 24.6 Å². The minimum Gasteiger partial charge on any atom is -0.480 e. The Morgan fingerprint density at radius 2 is 1.54 bits per heavy atom. The first-order chi connectivity index (χ1) is 12.4. The fraction of sp³-hybridized carbons (Fsp3) is 0.150. The van der Waals surface area contributed by atoms with Crippen molar-refractivity contribution in [3.05, 3.63) is 71.3 Å². The molecule has 0 radical (unpaired) electrons. The van der Waals surface area contributed by atoms with Gasteiger partial charge < -0.3 is 15.5 Å². The summed E-state index contributed by atoms with van der Waals surface area (Å²) in [6.07, 6.45) is 4.86. The summed E-state index contributed by atoms with van der Waals surface area (Å²) in [6, 6.07) is 14.0. The summed E-state index contributed by atoms with van der Waals surface area (Å²) in [6.45, 7) is 0.0583. The van der Waals surface area contributed by atoms with Gasteiger partial charge in [-0.25, -0.2) is 0 Å². The molecule has 26 heavy (non-hydrogen) atoms. The Balaban J connectivity index is 2.43. The predicted molar refractivity (Wildman–Crippen MR) is 94.7 cm³/mol. The Morgan fingerprint density at radius 1 is 0.962 bits per heavy atom. The molecule has 2 aromatic rings. The van der Waals surface area contributed by atoms with Gasteiger partial charge in [-0.2, -0.15) is 0 Å². The molecule has 0 heterocycles. The topological polar surface area (TPSA) is 104 Å². The van der Waals surface area contributed by atoms with Gasteiger partial charge in [0.2, 0.25) is 0 Å². The van der Waals surface area contributed by atoms with E-state index in [4.69, 9.17) is 6.42 Å². The Kier molecular flexibility index (Phi) is 5.76. The maximum Gasteiger partial charge on any atom is 0.325 e. The summed E-state index contributed by atoms with van der Waals surface area (Å²) < 4.78 is 0. The molecule has 3 N–H and O–H groups in total. The molecule has 2 aromatic carbocycles. The van der Waals surface area contributed by atoms with Crippen molar-refractivity contribution in [2.24, 2.45) is 0 Å². The van der Waals surface area contributed by atoms with Gasteiger partial charge in [-0.05, 0) is 23.3 Å². The molecule has 132 valence electrons. The molecule has 0 saturated heterocycles. The highest BCUT2D eigenvalue weighted by molar-refractivity contribution is 6.05. The predicted octanol–water partition coefficient (Wildman–Crippen LogP) is 1.70. The number of carboxylic acids is 2. The van der Waals surface area contributed by atoms with E-state index in [2.05, 4.69) is 11.2 Å². The van der Waals surface area contributed by atoms with E-state index < -0.39 is 23.3 Å². The Bertz CT molecular complexity index is 836. The summed E-state index contributed by atoms with van der Waals surface area (Å²) >= 11 is 0. The van der Waals surface area contributed by atoms with Crippen LogP contribution in [0.2, 0.25) is 0 Å². The van der Waals surface area contributed by atoms with Gasteiger partial charge in [0.05, 0.1) is 6.54 Å². The van der Waals surface area contributed by atoms with Crippen molar-refractivity contribution in [2.45, 2.75) is 11.8 Å². The summed E-state index contributed by atoms with van der Waals surface area (Å²) in [5.74, 6) is -1.10. The molecular formula is C20H17NO5. The number of aliphatic carboxylic acids is 2. The first kappa shape index (κ1) is 18.7. The van der Waals surface area contributed by atoms with Crippen molar-refractivity contribution in [3.8, 4) is 12.3 Å². The lowest BCUT2D eigenvalue weighted by Gasteiger charge is -2.25. The third-order valence-corrected chi connectivity index (χ3v) is 4.03. The molecule has 0 saturated carbocycles. The van der Waals surface area contributed by atoms with Gasteiger partial charge in [-0.1, -0.05) is 48.4 Å². The number of carbonyl (C=O) groups is 3. The molecule has 0 atom stereocenters. The summed E-state index contributed by atoms with van der Waals surface area (Å²) in [5.41, 5.74) is -1.24. The van der Waals surface area contributed by atoms with Crippen LogP contribution in [0, 0.1) is 12.3 Å². The average Bonchev–Trinajstić information content (AvgIpc) is 2.64. The third-order valence-electron chi connectivity index (χ3n) is 4.03. The number of nitrogens with one attached hydrogen (secondary N) is 1. The van der Waals surface area contributed by atoms with Gasteiger partial charge in [0, 0.05) is 12.0 Å². The van der Waals surface area contributed by atoms with Crippen molar-refractivity contribution in [1.82, 2.24) is 5.32 Å². The molecule has 6 nitrogen and oxygen atoms in total. The van der Waals surface area contributed by atoms with Crippen molar-refractivity contribution in [3.63, 3.8) is 0 Å². The van der Waals surface area contributed by atoms with Gasteiger partial charge in [-0.3, -0.25) is 14.4 Å². The molecular weight excluding hydrogens is 334 g/mol. The number of rotatable bonds is 7. The highest BCUT2D eigenvalue weighted by atomic mass is 16.4. The van der Waals surface area contributed by atoms with E-state index in [0.717, 1.165) is 0 Å². The van der Waals surface area contributed by atoms with Crippen LogP contribution in [-0.2, 0) is 21.4 Å². The Hall–Kier alpha value is -3.59. The second-order valence-electron chi connectivity index (χ2n) is 5.64. The summed E-state index contributed by atoms with van der Waals surface area (Å²) in [5, 5.41) is 21.9. The normalized spacial score (nSPS) is 10.6. The van der Waals surface area contributed by atoms with Crippen molar-refractivity contribution in [2.75, 3.05) is 6.54 Å². The largest absolute Gasteiger partial charge is 0.480 e. The third kappa shape index (κ3) is 3.73. The molecule has 0 unspecified atom stereocenters. The van der Waals surface area contributed by atoms with Crippen LogP contribution in [0.15, 0.2) is 54.6 Å². The molecule has 0 fully saturated rings. The number of carbonyl (C=O) groups excluding carboxylic acids is 1. The minimum atomic E-state index is -2.16.